The fourth-order valence-electron chi connectivity index (χ4n) is 2.60. The second-order valence-electron chi connectivity index (χ2n) is 5.09. The van der Waals surface area contributed by atoms with Crippen LogP contribution in [-0.2, 0) is 11.2 Å². The van der Waals surface area contributed by atoms with E-state index in [-0.39, 0.29) is 5.78 Å². The van der Waals surface area contributed by atoms with Crippen LogP contribution >= 0.6 is 0 Å². The first kappa shape index (κ1) is 11.4. The van der Waals surface area contributed by atoms with Crippen molar-refractivity contribution in [2.45, 2.75) is 44.6 Å². The molecule has 88 valence electrons. The molecule has 1 heterocycles. The monoisotopic (exact) mass is 221 g/mol. The van der Waals surface area contributed by atoms with Gasteiger partial charge in [0.1, 0.15) is 0 Å². The van der Waals surface area contributed by atoms with Gasteiger partial charge in [-0.25, -0.2) is 0 Å². The minimum absolute atomic E-state index is 0.153. The number of rotatable bonds is 3. The topological polar surface area (TPSA) is 56.2 Å². The van der Waals surface area contributed by atoms with Crippen molar-refractivity contribution in [3.05, 3.63) is 24.2 Å². The van der Waals surface area contributed by atoms with Crippen LogP contribution in [0, 0.1) is 5.92 Å². The standard InChI is InChI=1S/C13H19NO2/c1-10-3-2-5-13(14,8-10)12(15)7-11-4-6-16-9-11/h4,6,9-10H,2-3,5,7-8,14H2,1H3. The molecule has 1 aliphatic carbocycles. The van der Waals surface area contributed by atoms with Crippen LogP contribution in [0.4, 0.5) is 0 Å². The van der Waals surface area contributed by atoms with Crippen molar-refractivity contribution < 1.29 is 9.21 Å². The fraction of sp³-hybridized carbons (Fsp3) is 0.615. The molecule has 0 saturated heterocycles. The molecule has 1 aliphatic rings. The lowest BCUT2D eigenvalue weighted by molar-refractivity contribution is -0.125. The van der Waals surface area contributed by atoms with E-state index in [9.17, 15) is 4.79 Å². The summed E-state index contributed by atoms with van der Waals surface area (Å²) in [4.78, 5) is 12.2. The first-order valence-corrected chi connectivity index (χ1v) is 5.93. The van der Waals surface area contributed by atoms with Crippen LogP contribution in [0.1, 0.15) is 38.2 Å². The molecule has 0 amide bonds. The zero-order chi connectivity index (χ0) is 11.6. The van der Waals surface area contributed by atoms with Crippen LogP contribution in [0.5, 0.6) is 0 Å². The first-order chi connectivity index (χ1) is 7.60. The van der Waals surface area contributed by atoms with Crippen LogP contribution in [0.2, 0.25) is 0 Å². The quantitative estimate of drug-likeness (QED) is 0.852. The number of furan rings is 1. The third-order valence-corrected chi connectivity index (χ3v) is 3.53. The predicted octanol–water partition coefficient (Wildman–Crippen LogP) is 2.30. The molecule has 0 bridgehead atoms. The van der Waals surface area contributed by atoms with Gasteiger partial charge < -0.3 is 10.2 Å². The van der Waals surface area contributed by atoms with Crippen molar-refractivity contribution in [1.29, 1.82) is 0 Å². The maximum atomic E-state index is 12.2. The molecule has 2 rings (SSSR count). The van der Waals surface area contributed by atoms with Crippen LogP contribution in [0.15, 0.2) is 23.0 Å². The number of carbonyl (C=O) groups is 1. The number of Topliss-reactive ketones (excluding diaryl/α,β-unsaturated/α-hetero) is 1. The number of ketones is 1. The molecule has 0 radical (unpaired) electrons. The molecule has 0 aromatic carbocycles. The van der Waals surface area contributed by atoms with Gasteiger partial charge in [0, 0.05) is 6.42 Å². The number of hydrogen-bond donors (Lipinski definition) is 1. The van der Waals surface area contributed by atoms with Gasteiger partial charge >= 0.3 is 0 Å². The number of carbonyl (C=O) groups excluding carboxylic acids is 1. The minimum Gasteiger partial charge on any atom is -0.472 e. The van der Waals surface area contributed by atoms with E-state index >= 15 is 0 Å². The van der Waals surface area contributed by atoms with E-state index in [1.165, 1.54) is 6.42 Å². The lowest BCUT2D eigenvalue weighted by atomic mass is 9.73. The summed E-state index contributed by atoms with van der Waals surface area (Å²) < 4.78 is 4.96. The summed E-state index contributed by atoms with van der Waals surface area (Å²) in [6.45, 7) is 2.17. The Balaban J connectivity index is 2.02. The lowest BCUT2D eigenvalue weighted by Gasteiger charge is -2.35. The average Bonchev–Trinajstić information content (AvgIpc) is 2.70. The second kappa shape index (κ2) is 4.42. The minimum atomic E-state index is -0.602. The number of nitrogens with two attached hydrogens (primary N) is 1. The van der Waals surface area contributed by atoms with Crippen LogP contribution in [0.25, 0.3) is 0 Å². The molecular weight excluding hydrogens is 202 g/mol. The molecule has 0 spiro atoms. The molecule has 1 saturated carbocycles. The van der Waals surface area contributed by atoms with Gasteiger partial charge in [0.05, 0.1) is 18.1 Å². The van der Waals surface area contributed by atoms with E-state index in [2.05, 4.69) is 6.92 Å². The molecule has 1 aromatic rings. The van der Waals surface area contributed by atoms with E-state index < -0.39 is 5.54 Å². The van der Waals surface area contributed by atoms with Crippen molar-refractivity contribution >= 4 is 5.78 Å². The molecule has 3 nitrogen and oxygen atoms in total. The maximum absolute atomic E-state index is 12.2. The molecule has 3 heteroatoms. The van der Waals surface area contributed by atoms with Gasteiger partial charge in [-0.1, -0.05) is 19.8 Å². The third-order valence-electron chi connectivity index (χ3n) is 3.53. The molecule has 0 aliphatic heterocycles. The van der Waals surface area contributed by atoms with Crippen molar-refractivity contribution in [2.24, 2.45) is 11.7 Å². The summed E-state index contributed by atoms with van der Waals surface area (Å²) in [5, 5.41) is 0. The van der Waals surface area contributed by atoms with Gasteiger partial charge in [-0.3, -0.25) is 4.79 Å². The van der Waals surface area contributed by atoms with E-state index in [1.807, 2.05) is 6.07 Å². The Morgan fingerprint density at radius 1 is 1.69 bits per heavy atom. The fourth-order valence-corrected chi connectivity index (χ4v) is 2.60. The summed E-state index contributed by atoms with van der Waals surface area (Å²) in [5.74, 6) is 0.715. The summed E-state index contributed by atoms with van der Waals surface area (Å²) in [6, 6.07) is 1.83. The highest BCUT2D eigenvalue weighted by Crippen LogP contribution is 2.31. The van der Waals surface area contributed by atoms with Crippen molar-refractivity contribution in [2.75, 3.05) is 0 Å². The van der Waals surface area contributed by atoms with Crippen molar-refractivity contribution in [3.8, 4) is 0 Å². The highest BCUT2D eigenvalue weighted by molar-refractivity contribution is 5.90. The zero-order valence-corrected chi connectivity index (χ0v) is 9.74. The van der Waals surface area contributed by atoms with Crippen LogP contribution in [0.3, 0.4) is 0 Å². The highest BCUT2D eigenvalue weighted by atomic mass is 16.3. The van der Waals surface area contributed by atoms with Gasteiger partial charge in [0.15, 0.2) is 5.78 Å². The Kier molecular flexibility index (Phi) is 3.15. The molecule has 2 N–H and O–H groups in total. The SMILES string of the molecule is CC1CCCC(N)(C(=O)Cc2ccoc2)C1. The zero-order valence-electron chi connectivity index (χ0n) is 9.74. The molecule has 2 atom stereocenters. The first-order valence-electron chi connectivity index (χ1n) is 5.93. The van der Waals surface area contributed by atoms with E-state index in [0.717, 1.165) is 24.8 Å². The van der Waals surface area contributed by atoms with Gasteiger partial charge in [0.25, 0.3) is 0 Å². The van der Waals surface area contributed by atoms with E-state index in [1.54, 1.807) is 12.5 Å². The molecule has 1 fully saturated rings. The Labute approximate surface area is 96.0 Å². The predicted molar refractivity (Wildman–Crippen MR) is 62.0 cm³/mol. The van der Waals surface area contributed by atoms with Gasteiger partial charge in [-0.05, 0) is 30.4 Å². The maximum Gasteiger partial charge on any atom is 0.157 e. The molecular formula is C13H19NO2. The van der Waals surface area contributed by atoms with Crippen molar-refractivity contribution in [1.82, 2.24) is 0 Å². The van der Waals surface area contributed by atoms with Crippen LogP contribution < -0.4 is 5.73 Å². The summed E-state index contributed by atoms with van der Waals surface area (Å²) in [7, 11) is 0. The van der Waals surface area contributed by atoms with Crippen molar-refractivity contribution in [3.63, 3.8) is 0 Å². The molecule has 2 unspecified atom stereocenters. The average molecular weight is 221 g/mol. The third kappa shape index (κ3) is 2.35. The van der Waals surface area contributed by atoms with Gasteiger partial charge in [-0.15, -0.1) is 0 Å². The molecule has 1 aromatic heterocycles. The van der Waals surface area contributed by atoms with Gasteiger partial charge in [-0.2, -0.15) is 0 Å². The van der Waals surface area contributed by atoms with Gasteiger partial charge in [0.2, 0.25) is 0 Å². The lowest BCUT2D eigenvalue weighted by Crippen LogP contribution is -2.51. The summed E-state index contributed by atoms with van der Waals surface area (Å²) in [6.07, 6.45) is 7.52. The molecule has 16 heavy (non-hydrogen) atoms. The highest BCUT2D eigenvalue weighted by Gasteiger charge is 2.37. The van der Waals surface area contributed by atoms with E-state index in [0.29, 0.717) is 12.3 Å². The Hall–Kier alpha value is -1.09. The van der Waals surface area contributed by atoms with E-state index in [4.69, 9.17) is 10.2 Å². The second-order valence-corrected chi connectivity index (χ2v) is 5.09. The largest absolute Gasteiger partial charge is 0.472 e. The Morgan fingerprint density at radius 2 is 2.50 bits per heavy atom. The Morgan fingerprint density at radius 3 is 3.12 bits per heavy atom. The summed E-state index contributed by atoms with van der Waals surface area (Å²) >= 11 is 0. The summed E-state index contributed by atoms with van der Waals surface area (Å²) in [5.41, 5.74) is 6.55. The normalized spacial score (nSPS) is 30.2. The smallest absolute Gasteiger partial charge is 0.157 e. The number of hydrogen-bond acceptors (Lipinski definition) is 3. The van der Waals surface area contributed by atoms with Crippen LogP contribution in [-0.4, -0.2) is 11.3 Å². The Bertz CT molecular complexity index is 358.